The summed E-state index contributed by atoms with van der Waals surface area (Å²) < 4.78 is 0. The van der Waals surface area contributed by atoms with Crippen LogP contribution < -0.4 is 37.2 Å². The maximum atomic E-state index is 2.31. The third-order valence-corrected chi connectivity index (χ3v) is 7.85. The van der Waals surface area contributed by atoms with Gasteiger partial charge in [-0.15, -0.1) is 109 Å². The predicted octanol–water partition coefficient (Wildman–Crippen LogP) is 4.08. The fraction of sp³-hybridized carbons (Fsp3) is 0.412. The predicted molar refractivity (Wildman–Crippen MR) is 246 cm³/mol. The van der Waals surface area contributed by atoms with E-state index in [4.69, 9.17) is 0 Å². The Hall–Kier alpha value is -1.01. The molecule has 0 N–H and O–H groups in total. The number of nitrogens with zero attached hydrogens (tertiary/aromatic N) is 3. The van der Waals surface area contributed by atoms with Crippen LogP contribution in [-0.2, 0) is 55.7 Å². The van der Waals surface area contributed by atoms with Gasteiger partial charge in [0.05, 0.1) is 0 Å². The maximum Gasteiger partial charge on any atom is 2.00 e. The molecule has 0 fully saturated rings. The number of hydrogen-bond acceptors (Lipinski definition) is 3. The Morgan fingerprint density at radius 3 is 0.717 bits per heavy atom. The van der Waals surface area contributed by atoms with Crippen molar-refractivity contribution in [2.45, 2.75) is 62.3 Å². The first-order valence-electron chi connectivity index (χ1n) is 19.4. The molecule has 0 unspecified atom stereocenters. The van der Waals surface area contributed by atoms with Gasteiger partial charge in [0.25, 0.3) is 0 Å². The summed E-state index contributed by atoms with van der Waals surface area (Å²) >= 11 is 0. The molecule has 0 aromatic heterocycles. The minimum absolute atomic E-state index is 0. The van der Waals surface area contributed by atoms with Crippen molar-refractivity contribution in [3.63, 3.8) is 0 Å². The van der Waals surface area contributed by atoms with Gasteiger partial charge in [-0.2, -0.15) is 68.8 Å². The zero-order valence-corrected chi connectivity index (χ0v) is 45.8. The maximum absolute atomic E-state index is 2.31. The van der Waals surface area contributed by atoms with Gasteiger partial charge in [-0.05, 0) is 42.3 Å². The molecule has 3 radical (unpaired) electrons. The second kappa shape index (κ2) is 37.4. The molecular formula is C51H75Cl3N3V3-3. The second-order valence-corrected chi connectivity index (χ2v) is 18.0. The summed E-state index contributed by atoms with van der Waals surface area (Å²) in [5.74, 6) is 0. The minimum Gasteiger partial charge on any atom is -1.00 e. The Morgan fingerprint density at radius 1 is 0.367 bits per heavy atom. The third-order valence-electron chi connectivity index (χ3n) is 7.85. The van der Waals surface area contributed by atoms with Gasteiger partial charge >= 0.3 is 55.7 Å². The van der Waals surface area contributed by atoms with Crippen molar-refractivity contribution in [1.82, 2.24) is 14.7 Å². The van der Waals surface area contributed by atoms with Crippen LogP contribution in [0.4, 0.5) is 0 Å². The molecule has 0 bridgehead atoms. The van der Waals surface area contributed by atoms with E-state index < -0.39 is 0 Å². The summed E-state index contributed by atoms with van der Waals surface area (Å²) in [5.41, 5.74) is 1.10. The van der Waals surface area contributed by atoms with E-state index in [1.54, 1.807) is 0 Å². The summed E-state index contributed by atoms with van der Waals surface area (Å²) in [6, 6.07) is 44.0. The van der Waals surface area contributed by atoms with Gasteiger partial charge in [0.1, 0.15) is 0 Å². The molecule has 0 spiro atoms. The van der Waals surface area contributed by atoms with Crippen LogP contribution in [0, 0.1) is 35.5 Å². The van der Waals surface area contributed by atoms with Gasteiger partial charge in [-0.3, -0.25) is 0 Å². The van der Waals surface area contributed by atoms with Crippen molar-refractivity contribution in [2.75, 3.05) is 61.9 Å². The molecule has 60 heavy (non-hydrogen) atoms. The minimum atomic E-state index is 0. The Kier molecular flexibility index (Phi) is 44.0. The zero-order valence-electron chi connectivity index (χ0n) is 39.3. The molecule has 6 aromatic rings. The van der Waals surface area contributed by atoms with E-state index in [0.717, 1.165) is 19.6 Å². The molecule has 0 amide bonds. The van der Waals surface area contributed by atoms with E-state index in [0.29, 0.717) is 16.2 Å². The number of fused-ring (bicyclic) bond motifs is 3. The van der Waals surface area contributed by atoms with Gasteiger partial charge in [-0.25, -0.2) is 0 Å². The molecule has 0 saturated carbocycles. The zero-order chi connectivity index (χ0) is 40.8. The molecule has 0 aliphatic heterocycles. The van der Waals surface area contributed by atoms with E-state index in [1.807, 2.05) is 0 Å². The van der Waals surface area contributed by atoms with Crippen molar-refractivity contribution >= 4 is 32.3 Å². The Balaban J connectivity index is -0.000000143. The molecule has 0 aliphatic carbocycles. The van der Waals surface area contributed by atoms with Crippen molar-refractivity contribution in [1.29, 1.82) is 0 Å². The molecule has 6 aromatic carbocycles. The van der Waals surface area contributed by atoms with E-state index in [2.05, 4.69) is 266 Å². The SMILES string of the molecule is CN(C)C[CH-]C(C)(C)C.CN(C)C[CH-]C(C)(C)C.CN(C)C[CH-]C(C)(C)C.[Cl-].[Cl-].[Cl-].[V+2].[V+2].[V+2].c1ccc2[cH-]ccc2c1.c1ccc2[cH-]ccc2c1.c1ccc2[cH-]ccc2c1. The summed E-state index contributed by atoms with van der Waals surface area (Å²) in [6.07, 6.45) is 6.94. The van der Waals surface area contributed by atoms with Crippen molar-refractivity contribution in [3.8, 4) is 0 Å². The van der Waals surface area contributed by atoms with E-state index >= 15 is 0 Å². The largest absolute Gasteiger partial charge is 2.00 e. The fourth-order valence-electron chi connectivity index (χ4n) is 4.58. The molecule has 333 valence electrons. The Morgan fingerprint density at radius 2 is 0.567 bits per heavy atom. The quantitative estimate of drug-likeness (QED) is 0.234. The molecule has 3 nitrogen and oxygen atoms in total. The molecule has 9 heteroatoms. The molecule has 0 aliphatic rings. The van der Waals surface area contributed by atoms with Crippen LogP contribution in [0.2, 0.25) is 0 Å². The van der Waals surface area contributed by atoms with Gasteiger partial charge < -0.3 is 71.2 Å². The van der Waals surface area contributed by atoms with Crippen LogP contribution in [-0.4, -0.2) is 76.6 Å². The first-order chi connectivity index (χ1) is 25.1. The normalized spacial score (nSPS) is 10.3. The number of rotatable bonds is 6. The Bertz CT molecular complexity index is 1490. The average molecular weight is 989 g/mol. The first kappa shape index (κ1) is 70.7. The van der Waals surface area contributed by atoms with Crippen LogP contribution in [0.25, 0.3) is 32.3 Å². The van der Waals surface area contributed by atoms with Crippen LogP contribution in [0.3, 0.4) is 0 Å². The molecule has 6 rings (SSSR count). The topological polar surface area (TPSA) is 9.72 Å². The van der Waals surface area contributed by atoms with Crippen molar-refractivity contribution in [3.05, 3.63) is 147 Å². The Labute approximate surface area is 423 Å². The van der Waals surface area contributed by atoms with E-state index in [9.17, 15) is 0 Å². The van der Waals surface area contributed by atoms with E-state index in [-0.39, 0.29) is 92.9 Å². The summed E-state index contributed by atoms with van der Waals surface area (Å²) in [7, 11) is 12.5. The first-order valence-corrected chi connectivity index (χ1v) is 19.4. The second-order valence-electron chi connectivity index (χ2n) is 18.0. The number of hydrogen-bond donors (Lipinski definition) is 0. The summed E-state index contributed by atoms with van der Waals surface area (Å²) in [6.45, 7) is 23.2. The molecular weight excluding hydrogens is 914 g/mol. The van der Waals surface area contributed by atoms with Crippen molar-refractivity contribution in [2.24, 2.45) is 16.2 Å². The average Bonchev–Trinajstić information content (AvgIpc) is 3.87. The smallest absolute Gasteiger partial charge is 1.00 e. The number of halogens is 3. The van der Waals surface area contributed by atoms with Gasteiger partial charge in [0, 0.05) is 0 Å². The van der Waals surface area contributed by atoms with Crippen LogP contribution >= 0.6 is 0 Å². The summed E-state index contributed by atoms with van der Waals surface area (Å²) in [5, 5.41) is 7.99. The molecule has 0 heterocycles. The van der Waals surface area contributed by atoms with Gasteiger partial charge in [-0.1, -0.05) is 80.5 Å². The summed E-state index contributed by atoms with van der Waals surface area (Å²) in [4.78, 5) is 6.52. The van der Waals surface area contributed by atoms with Crippen LogP contribution in [0.5, 0.6) is 0 Å². The third kappa shape index (κ3) is 38.7. The monoisotopic (exact) mass is 987 g/mol. The van der Waals surface area contributed by atoms with Gasteiger partial charge in [0.2, 0.25) is 0 Å². The molecule has 0 saturated heterocycles. The van der Waals surface area contributed by atoms with Crippen molar-refractivity contribution < 1.29 is 92.9 Å². The van der Waals surface area contributed by atoms with Crippen LogP contribution in [0.15, 0.2) is 127 Å². The fourth-order valence-corrected chi connectivity index (χ4v) is 4.58. The molecule has 0 atom stereocenters. The van der Waals surface area contributed by atoms with E-state index in [1.165, 1.54) is 32.3 Å². The number of benzene rings is 3. The van der Waals surface area contributed by atoms with Gasteiger partial charge in [0.15, 0.2) is 0 Å². The standard InChI is InChI=1S/3C9H7.3C8H18N.3ClH.3V/c3*1-2-5-9-7-3-6-8(9)4-1;3*1-8(2,3)6-7-9(4)5;;;;;;/h3*1-7H;3*6H,7H2,1-5H3;3*1H;;;/q6*-1;;;;3*+2/p-3. The van der Waals surface area contributed by atoms with Crippen LogP contribution in [0.1, 0.15) is 62.3 Å².